The first kappa shape index (κ1) is 16.3. The summed E-state index contributed by atoms with van der Waals surface area (Å²) in [5, 5.41) is 0. The molecule has 0 fully saturated rings. The molecule has 1 aromatic carbocycles. The molecule has 1 unspecified atom stereocenters. The van der Waals surface area contributed by atoms with Crippen LogP contribution < -0.4 is 0 Å². The van der Waals surface area contributed by atoms with E-state index in [-0.39, 0.29) is 0 Å². The van der Waals surface area contributed by atoms with Gasteiger partial charge in [0, 0.05) is 0 Å². The Morgan fingerprint density at radius 1 is 0.947 bits per heavy atom. The predicted octanol–water partition coefficient (Wildman–Crippen LogP) is 6.21. The fraction of sp³-hybridized carbons (Fsp3) is 0.632. The van der Waals surface area contributed by atoms with Crippen LogP contribution in [0.25, 0.3) is 0 Å². The van der Waals surface area contributed by atoms with Crippen LogP contribution in [0, 0.1) is 12.3 Å². The minimum atomic E-state index is 0.787. The number of unbranched alkanes of at least 4 members (excludes halogenated alkanes) is 5. The van der Waals surface area contributed by atoms with Crippen molar-refractivity contribution in [2.75, 3.05) is 0 Å². The van der Waals surface area contributed by atoms with Gasteiger partial charge >= 0.3 is 0 Å². The molecule has 1 atom stereocenters. The van der Waals surface area contributed by atoms with Gasteiger partial charge in [-0.15, -0.1) is 0 Å². The first-order chi connectivity index (χ1) is 9.33. The zero-order valence-electron chi connectivity index (χ0n) is 12.9. The van der Waals surface area contributed by atoms with Crippen LogP contribution in [-0.2, 0) is 6.42 Å². The van der Waals surface area contributed by atoms with E-state index in [1.54, 1.807) is 0 Å². The first-order valence-corrected chi connectivity index (χ1v) is 8.20. The fourth-order valence-corrected chi connectivity index (χ4v) is 2.54. The van der Waals surface area contributed by atoms with Crippen molar-refractivity contribution in [2.45, 2.75) is 71.6 Å². The summed E-state index contributed by atoms with van der Waals surface area (Å²) in [4.78, 5) is 0. The van der Waals surface area contributed by atoms with Crippen LogP contribution >= 0.6 is 0 Å². The topological polar surface area (TPSA) is 0 Å². The van der Waals surface area contributed by atoms with E-state index in [1.807, 2.05) is 0 Å². The lowest BCUT2D eigenvalue weighted by molar-refractivity contribution is 0.514. The van der Waals surface area contributed by atoms with E-state index in [4.69, 9.17) is 0 Å². The van der Waals surface area contributed by atoms with E-state index < -0.39 is 0 Å². The lowest BCUT2D eigenvalue weighted by atomic mass is 9.95. The molecule has 0 heterocycles. The molecule has 1 aromatic rings. The first-order valence-electron chi connectivity index (χ1n) is 8.20. The Morgan fingerprint density at radius 2 is 1.63 bits per heavy atom. The van der Waals surface area contributed by atoms with E-state index in [0.29, 0.717) is 0 Å². The maximum atomic E-state index is 2.51. The Hall–Kier alpha value is -0.780. The highest BCUT2D eigenvalue weighted by molar-refractivity contribution is 5.14. The van der Waals surface area contributed by atoms with Gasteiger partial charge in [-0.2, -0.15) is 0 Å². The third-order valence-electron chi connectivity index (χ3n) is 3.86. The molecule has 19 heavy (non-hydrogen) atoms. The monoisotopic (exact) mass is 259 g/mol. The Morgan fingerprint density at radius 3 is 2.37 bits per heavy atom. The molecule has 0 amide bonds. The Bertz CT molecular complexity index is 288. The summed E-state index contributed by atoms with van der Waals surface area (Å²) >= 11 is 0. The smallest absolute Gasteiger partial charge is 0.0276 e. The molecule has 0 aliphatic heterocycles. The maximum absolute atomic E-state index is 2.51. The second-order valence-electron chi connectivity index (χ2n) is 5.79. The normalized spacial score (nSPS) is 12.5. The quantitative estimate of drug-likeness (QED) is 0.414. The van der Waals surface area contributed by atoms with E-state index >= 15 is 0 Å². The van der Waals surface area contributed by atoms with Gasteiger partial charge in [0.2, 0.25) is 0 Å². The lowest BCUT2D eigenvalue weighted by Crippen LogP contribution is -1.97. The molecule has 107 valence electrons. The number of aryl methyl sites for hydroxylation is 1. The molecular weight excluding hydrogens is 228 g/mol. The van der Waals surface area contributed by atoms with E-state index in [2.05, 4.69) is 50.6 Å². The highest BCUT2D eigenvalue weighted by Gasteiger charge is 2.02. The third kappa shape index (κ3) is 8.86. The lowest BCUT2D eigenvalue weighted by Gasteiger charge is -2.10. The second-order valence-corrected chi connectivity index (χ2v) is 5.79. The molecule has 0 heteroatoms. The highest BCUT2D eigenvalue weighted by Crippen LogP contribution is 2.16. The number of hydrogen-bond acceptors (Lipinski definition) is 0. The minimum Gasteiger partial charge on any atom is -0.0654 e. The van der Waals surface area contributed by atoms with E-state index in [1.165, 1.54) is 63.4 Å². The largest absolute Gasteiger partial charge is 0.0654 e. The molecule has 0 aliphatic carbocycles. The molecule has 0 aliphatic rings. The zero-order chi connectivity index (χ0) is 13.8. The van der Waals surface area contributed by atoms with Crippen molar-refractivity contribution in [3.8, 4) is 0 Å². The maximum Gasteiger partial charge on any atom is -0.0276 e. The van der Waals surface area contributed by atoms with Crippen LogP contribution in [0.1, 0.15) is 70.8 Å². The van der Waals surface area contributed by atoms with E-state index in [0.717, 1.165) is 5.92 Å². The zero-order valence-corrected chi connectivity index (χ0v) is 12.9. The number of hydrogen-bond donors (Lipinski definition) is 0. The Kier molecular flexibility index (Phi) is 9.49. The summed E-state index contributed by atoms with van der Waals surface area (Å²) in [6.45, 7) is 4.65. The average molecular weight is 259 g/mol. The van der Waals surface area contributed by atoms with Crippen LogP contribution in [0.15, 0.2) is 30.3 Å². The van der Waals surface area contributed by atoms with Crippen LogP contribution in [0.4, 0.5) is 0 Å². The van der Waals surface area contributed by atoms with Crippen molar-refractivity contribution in [1.29, 1.82) is 0 Å². The average Bonchev–Trinajstić information content (AvgIpc) is 2.44. The molecule has 0 saturated heterocycles. The summed E-state index contributed by atoms with van der Waals surface area (Å²) in [6, 6.07) is 10.8. The molecule has 0 saturated carbocycles. The molecule has 1 rings (SSSR count). The molecule has 0 nitrogen and oxygen atoms in total. The molecule has 0 aromatic heterocycles. The highest BCUT2D eigenvalue weighted by atomic mass is 14.1. The standard InChI is InChI=1S/C19H31/c1-3-4-5-6-7-9-13-18(2)14-12-17-19-15-10-8-11-16-19/h8,10-11,14-16,18H,3-7,9,12-13,17H2,1-2H3. The van der Waals surface area contributed by atoms with Gasteiger partial charge in [0.1, 0.15) is 0 Å². The molecule has 0 spiro atoms. The molecule has 0 bridgehead atoms. The van der Waals surface area contributed by atoms with E-state index in [9.17, 15) is 0 Å². The SMILES string of the molecule is CCCCCCCCC(C)[CH]CCc1ccccc1. The van der Waals surface area contributed by atoms with Gasteiger partial charge in [-0.25, -0.2) is 0 Å². The van der Waals surface area contributed by atoms with Gasteiger partial charge in [-0.3, -0.25) is 0 Å². The van der Waals surface area contributed by atoms with Crippen LogP contribution in [0.3, 0.4) is 0 Å². The van der Waals surface area contributed by atoms with Gasteiger partial charge in [0.05, 0.1) is 0 Å². The number of rotatable bonds is 11. The van der Waals surface area contributed by atoms with Crippen LogP contribution in [0.5, 0.6) is 0 Å². The second kappa shape index (κ2) is 11.1. The van der Waals surface area contributed by atoms with Gasteiger partial charge in [0.15, 0.2) is 0 Å². The minimum absolute atomic E-state index is 0.787. The summed E-state index contributed by atoms with van der Waals surface area (Å²) in [7, 11) is 0. The van der Waals surface area contributed by atoms with Crippen molar-refractivity contribution < 1.29 is 0 Å². The van der Waals surface area contributed by atoms with Crippen LogP contribution in [-0.4, -0.2) is 0 Å². The third-order valence-corrected chi connectivity index (χ3v) is 3.86. The molecule has 1 radical (unpaired) electrons. The van der Waals surface area contributed by atoms with Crippen molar-refractivity contribution in [3.63, 3.8) is 0 Å². The van der Waals surface area contributed by atoms with Crippen molar-refractivity contribution in [2.24, 2.45) is 5.92 Å². The predicted molar refractivity (Wildman–Crippen MR) is 86.2 cm³/mol. The summed E-state index contributed by atoms with van der Waals surface area (Å²) < 4.78 is 0. The Balaban J connectivity index is 1.94. The van der Waals surface area contributed by atoms with Gasteiger partial charge in [-0.1, -0.05) is 89.1 Å². The fourth-order valence-electron chi connectivity index (χ4n) is 2.54. The summed E-state index contributed by atoms with van der Waals surface area (Å²) in [5.41, 5.74) is 1.46. The van der Waals surface area contributed by atoms with Crippen molar-refractivity contribution >= 4 is 0 Å². The van der Waals surface area contributed by atoms with Crippen molar-refractivity contribution in [1.82, 2.24) is 0 Å². The van der Waals surface area contributed by atoms with Gasteiger partial charge in [-0.05, 0) is 30.7 Å². The van der Waals surface area contributed by atoms with Crippen molar-refractivity contribution in [3.05, 3.63) is 42.3 Å². The molecular formula is C19H31. The summed E-state index contributed by atoms with van der Waals surface area (Å²) in [5.74, 6) is 0.787. The Labute approximate surface area is 120 Å². The molecule has 0 N–H and O–H groups in total. The summed E-state index contributed by atoms with van der Waals surface area (Å²) in [6.07, 6.45) is 14.8. The number of benzene rings is 1. The van der Waals surface area contributed by atoms with Crippen LogP contribution in [0.2, 0.25) is 0 Å². The van der Waals surface area contributed by atoms with Gasteiger partial charge < -0.3 is 0 Å². The van der Waals surface area contributed by atoms with Gasteiger partial charge in [0.25, 0.3) is 0 Å².